The van der Waals surface area contributed by atoms with Crippen LogP contribution in [0, 0.1) is 6.92 Å². The van der Waals surface area contributed by atoms with Crippen molar-refractivity contribution in [1.82, 2.24) is 0 Å². The van der Waals surface area contributed by atoms with Crippen LogP contribution in [0.1, 0.15) is 12.0 Å². The van der Waals surface area contributed by atoms with Crippen molar-refractivity contribution >= 4 is 24.8 Å². The average Bonchev–Trinajstić information content (AvgIpc) is 2.49. The van der Waals surface area contributed by atoms with Crippen LogP contribution in [0.3, 0.4) is 0 Å². The van der Waals surface area contributed by atoms with Gasteiger partial charge in [-0.1, -0.05) is 55.7 Å². The molecule has 1 aliphatic rings. The van der Waals surface area contributed by atoms with Crippen molar-refractivity contribution in [2.75, 3.05) is 0 Å². The van der Waals surface area contributed by atoms with Gasteiger partial charge in [0.1, 0.15) is 0 Å². The maximum atomic E-state index is 4.11. The molecule has 0 aromatic heterocycles. The van der Waals surface area contributed by atoms with Gasteiger partial charge in [-0.15, -0.1) is 0 Å². The van der Waals surface area contributed by atoms with Gasteiger partial charge >= 0.3 is 0 Å². The lowest BCUT2D eigenvalue weighted by molar-refractivity contribution is 1.30. The Balaban J connectivity index is 3.09. The van der Waals surface area contributed by atoms with Gasteiger partial charge in [-0.25, -0.2) is 0 Å². The maximum Gasteiger partial charge on any atom is -0.0114 e. The summed E-state index contributed by atoms with van der Waals surface area (Å²) in [6.07, 6.45) is 13.6. The van der Waals surface area contributed by atoms with Gasteiger partial charge in [-0.3, -0.25) is 0 Å². The van der Waals surface area contributed by atoms with E-state index in [1.165, 1.54) is 21.2 Å². The molecule has 0 saturated carbocycles. The summed E-state index contributed by atoms with van der Waals surface area (Å²) >= 11 is 0. The lowest BCUT2D eigenvalue weighted by Crippen LogP contribution is -2.48. The van der Waals surface area contributed by atoms with Gasteiger partial charge in [0.2, 0.25) is 0 Å². The molecule has 0 spiro atoms. The van der Waals surface area contributed by atoms with Crippen LogP contribution < -0.4 is 20.9 Å². The van der Waals surface area contributed by atoms with Crippen LogP contribution >= 0.6 is 0 Å². The summed E-state index contributed by atoms with van der Waals surface area (Å²) in [5.41, 5.74) is 1.28. The third kappa shape index (κ3) is 1.79. The van der Waals surface area contributed by atoms with Gasteiger partial charge in [0.25, 0.3) is 0 Å². The number of hydrogen-bond acceptors (Lipinski definition) is 0. The Hall–Kier alpha value is -1.82. The molecular weight excluding hydrogens is 192 g/mol. The minimum Gasteiger partial charge on any atom is -0.0990 e. The number of aryl methyl sites for hydroxylation is 1. The number of allylic oxidation sites excluding steroid dienone is 3. The van der Waals surface area contributed by atoms with Crippen molar-refractivity contribution in [2.45, 2.75) is 13.3 Å². The summed E-state index contributed by atoms with van der Waals surface area (Å²) in [5, 5.41) is 4.85. The predicted octanol–water partition coefficient (Wildman–Crippen LogP) is 0.893. The zero-order valence-electron chi connectivity index (χ0n) is 9.66. The van der Waals surface area contributed by atoms with Gasteiger partial charge in [0.05, 0.1) is 0 Å². The van der Waals surface area contributed by atoms with Crippen molar-refractivity contribution in [1.29, 1.82) is 0 Å². The van der Waals surface area contributed by atoms with Crippen LogP contribution in [0.4, 0.5) is 0 Å². The van der Waals surface area contributed by atoms with Crippen LogP contribution in [0.25, 0.3) is 24.8 Å². The van der Waals surface area contributed by atoms with E-state index in [9.17, 15) is 0 Å². The van der Waals surface area contributed by atoms with Gasteiger partial charge in [0.15, 0.2) is 0 Å². The first-order valence-electron chi connectivity index (χ1n) is 5.52. The molecule has 0 amide bonds. The molecule has 0 bridgehead atoms. The molecular formula is C16H16. The Kier molecular flexibility index (Phi) is 2.91. The summed E-state index contributed by atoms with van der Waals surface area (Å²) in [5.74, 6) is 0. The Bertz CT molecular complexity index is 670. The van der Waals surface area contributed by atoms with Gasteiger partial charge in [0, 0.05) is 0 Å². The van der Waals surface area contributed by atoms with Gasteiger partial charge in [-0.05, 0) is 39.8 Å². The van der Waals surface area contributed by atoms with E-state index in [2.05, 4.69) is 50.5 Å². The van der Waals surface area contributed by atoms with E-state index >= 15 is 0 Å². The Labute approximate surface area is 95.9 Å². The lowest BCUT2D eigenvalue weighted by Gasteiger charge is -1.98. The molecule has 16 heavy (non-hydrogen) atoms. The third-order valence-corrected chi connectivity index (χ3v) is 2.88. The first kappa shape index (κ1) is 10.7. The highest BCUT2D eigenvalue weighted by Crippen LogP contribution is 1.88. The monoisotopic (exact) mass is 208 g/mol. The SMILES string of the molecule is C=C/C=c1\c(=C)cc(C)c2c1=CCC=CC=2. The van der Waals surface area contributed by atoms with E-state index in [1.54, 1.807) is 0 Å². The van der Waals surface area contributed by atoms with Crippen LogP contribution in [-0.2, 0) is 0 Å². The molecule has 0 aliphatic heterocycles. The normalized spacial score (nSPS) is 14.7. The molecule has 0 heteroatoms. The maximum absolute atomic E-state index is 4.11. The first-order valence-corrected chi connectivity index (χ1v) is 5.52. The van der Waals surface area contributed by atoms with Crippen LogP contribution in [0.2, 0.25) is 0 Å². The van der Waals surface area contributed by atoms with E-state index < -0.39 is 0 Å². The van der Waals surface area contributed by atoms with Crippen molar-refractivity contribution in [3.63, 3.8) is 0 Å². The standard InChI is InChI=1S/C16H16/c1-4-8-14-12(2)11-13(3)15-9-6-5-7-10-16(14)15/h4-6,8-11H,1-2,7H2,3H3/b14-8+. The Morgan fingerprint density at radius 1 is 1.31 bits per heavy atom. The van der Waals surface area contributed by atoms with Crippen molar-refractivity contribution in [3.8, 4) is 0 Å². The average molecular weight is 208 g/mol. The van der Waals surface area contributed by atoms with Crippen molar-refractivity contribution < 1.29 is 0 Å². The second-order valence-corrected chi connectivity index (χ2v) is 4.03. The molecule has 0 N–H and O–H groups in total. The van der Waals surface area contributed by atoms with Crippen LogP contribution in [0.15, 0.2) is 30.9 Å². The van der Waals surface area contributed by atoms with E-state index in [-0.39, 0.29) is 0 Å². The molecule has 1 aliphatic carbocycles. The molecule has 80 valence electrons. The number of hydrogen-bond donors (Lipinski definition) is 0. The van der Waals surface area contributed by atoms with E-state index in [0.29, 0.717) is 0 Å². The Morgan fingerprint density at radius 3 is 2.88 bits per heavy atom. The van der Waals surface area contributed by atoms with E-state index in [0.717, 1.165) is 11.6 Å². The highest BCUT2D eigenvalue weighted by atomic mass is 14.0. The molecule has 2 rings (SSSR count). The fourth-order valence-electron chi connectivity index (χ4n) is 2.13. The lowest BCUT2D eigenvalue weighted by atomic mass is 10.1. The molecule has 0 saturated heterocycles. The quantitative estimate of drug-likeness (QED) is 0.643. The molecule has 0 heterocycles. The summed E-state index contributed by atoms with van der Waals surface area (Å²) in [6, 6.07) is 2.14. The number of benzene rings is 1. The van der Waals surface area contributed by atoms with Crippen LogP contribution in [0.5, 0.6) is 0 Å². The minimum atomic E-state index is 0.977. The van der Waals surface area contributed by atoms with Crippen LogP contribution in [-0.4, -0.2) is 0 Å². The van der Waals surface area contributed by atoms with E-state index in [4.69, 9.17) is 0 Å². The molecule has 0 atom stereocenters. The smallest absolute Gasteiger partial charge is 0.0114 e. The van der Waals surface area contributed by atoms with Crippen molar-refractivity contribution in [3.05, 3.63) is 57.3 Å². The second-order valence-electron chi connectivity index (χ2n) is 4.03. The zero-order valence-corrected chi connectivity index (χ0v) is 9.66. The van der Waals surface area contributed by atoms with E-state index in [1.807, 2.05) is 12.2 Å². The zero-order chi connectivity index (χ0) is 11.5. The molecule has 0 unspecified atom stereocenters. The topological polar surface area (TPSA) is 0 Å². The van der Waals surface area contributed by atoms with Crippen molar-refractivity contribution in [2.24, 2.45) is 0 Å². The molecule has 1 aromatic carbocycles. The summed E-state index contributed by atoms with van der Waals surface area (Å²) in [4.78, 5) is 0. The molecule has 0 nitrogen and oxygen atoms in total. The van der Waals surface area contributed by atoms with Gasteiger partial charge in [-0.2, -0.15) is 0 Å². The molecule has 1 aromatic rings. The highest BCUT2D eigenvalue weighted by Gasteiger charge is 1.96. The first-order chi connectivity index (χ1) is 7.74. The summed E-state index contributed by atoms with van der Waals surface area (Å²) in [7, 11) is 0. The summed E-state index contributed by atoms with van der Waals surface area (Å²) < 4.78 is 0. The predicted molar refractivity (Wildman–Crippen MR) is 72.6 cm³/mol. The number of fused-ring (bicyclic) bond motifs is 1. The molecule has 0 radical (unpaired) electrons. The molecule has 0 fully saturated rings. The third-order valence-electron chi connectivity index (χ3n) is 2.88. The largest absolute Gasteiger partial charge is 0.0990 e. The van der Waals surface area contributed by atoms with Gasteiger partial charge < -0.3 is 0 Å². The highest BCUT2D eigenvalue weighted by molar-refractivity contribution is 5.49. The minimum absolute atomic E-state index is 0.977. The number of rotatable bonds is 1. The fourth-order valence-corrected chi connectivity index (χ4v) is 2.13. The Morgan fingerprint density at radius 2 is 2.12 bits per heavy atom. The second kappa shape index (κ2) is 4.36. The summed E-state index contributed by atoms with van der Waals surface area (Å²) in [6.45, 7) is 10.0. The fraction of sp³-hybridized carbons (Fsp3) is 0.125.